The van der Waals surface area contributed by atoms with Crippen molar-refractivity contribution < 1.29 is 24.2 Å². The fourth-order valence-electron chi connectivity index (χ4n) is 2.99. The molecule has 1 aromatic rings. The van der Waals surface area contributed by atoms with Gasteiger partial charge in [-0.25, -0.2) is 4.79 Å². The van der Waals surface area contributed by atoms with Gasteiger partial charge in [0.1, 0.15) is 0 Å². The summed E-state index contributed by atoms with van der Waals surface area (Å²) in [6.45, 7) is 1.75. The Morgan fingerprint density at radius 1 is 1.15 bits per heavy atom. The van der Waals surface area contributed by atoms with E-state index in [9.17, 15) is 14.4 Å². The van der Waals surface area contributed by atoms with Gasteiger partial charge in [-0.05, 0) is 37.0 Å². The number of carboxylic acids is 1. The van der Waals surface area contributed by atoms with Crippen LogP contribution in [-0.2, 0) is 20.7 Å². The number of carboxylic acid groups (broad SMARTS) is 1. The summed E-state index contributed by atoms with van der Waals surface area (Å²) in [6.07, 6.45) is 2.85. The van der Waals surface area contributed by atoms with Crippen LogP contribution in [0.2, 0.25) is 0 Å². The number of aryl methyl sites for hydroxylation is 1. The molecule has 0 radical (unpaired) electrons. The molecule has 1 saturated heterocycles. The monoisotopic (exact) mass is 362 g/mol. The molecule has 26 heavy (non-hydrogen) atoms. The van der Waals surface area contributed by atoms with Crippen molar-refractivity contribution in [3.8, 4) is 0 Å². The maximum absolute atomic E-state index is 12.1. The molecule has 0 aliphatic carbocycles. The fourth-order valence-corrected chi connectivity index (χ4v) is 2.99. The van der Waals surface area contributed by atoms with E-state index in [1.807, 2.05) is 4.90 Å². The van der Waals surface area contributed by atoms with E-state index in [-0.39, 0.29) is 23.4 Å². The van der Waals surface area contributed by atoms with Gasteiger partial charge in [0.15, 0.2) is 0 Å². The number of hydrogen-bond acceptors (Lipinski definition) is 4. The maximum atomic E-state index is 12.1. The number of benzene rings is 1. The van der Waals surface area contributed by atoms with E-state index < -0.39 is 5.97 Å². The predicted molar refractivity (Wildman–Crippen MR) is 96.0 cm³/mol. The lowest BCUT2D eigenvalue weighted by molar-refractivity contribution is -0.133. The molecule has 7 heteroatoms. The summed E-state index contributed by atoms with van der Waals surface area (Å²) in [5.41, 5.74) is 1.17. The number of amides is 2. The molecule has 1 fully saturated rings. The second-order valence-corrected chi connectivity index (χ2v) is 6.47. The van der Waals surface area contributed by atoms with Crippen LogP contribution in [0.15, 0.2) is 24.3 Å². The zero-order valence-electron chi connectivity index (χ0n) is 15.1. The zero-order chi connectivity index (χ0) is 18.9. The number of aromatic carboxylic acids is 1. The highest BCUT2D eigenvalue weighted by atomic mass is 16.5. The molecule has 1 heterocycles. The van der Waals surface area contributed by atoms with Gasteiger partial charge in [0.25, 0.3) is 0 Å². The minimum atomic E-state index is -0.957. The quantitative estimate of drug-likeness (QED) is 0.730. The van der Waals surface area contributed by atoms with Crippen molar-refractivity contribution in [3.05, 3.63) is 35.4 Å². The number of piperidine rings is 1. The number of likely N-dealkylation sites (tertiary alicyclic amines) is 1. The Morgan fingerprint density at radius 3 is 2.38 bits per heavy atom. The van der Waals surface area contributed by atoms with Crippen LogP contribution in [0.3, 0.4) is 0 Å². The summed E-state index contributed by atoms with van der Waals surface area (Å²) in [6, 6.07) is 6.67. The van der Waals surface area contributed by atoms with E-state index in [1.165, 1.54) is 0 Å². The molecule has 1 aromatic carbocycles. The largest absolute Gasteiger partial charge is 0.478 e. The van der Waals surface area contributed by atoms with Crippen molar-refractivity contribution in [3.63, 3.8) is 0 Å². The number of carbonyl (C=O) groups is 3. The highest BCUT2D eigenvalue weighted by molar-refractivity contribution is 5.87. The molecule has 7 nitrogen and oxygen atoms in total. The molecule has 1 aliphatic rings. The maximum Gasteiger partial charge on any atom is 0.335 e. The van der Waals surface area contributed by atoms with Crippen LogP contribution in [0, 0.1) is 0 Å². The number of ether oxygens (including phenoxy) is 1. The lowest BCUT2D eigenvalue weighted by Crippen LogP contribution is -2.46. The van der Waals surface area contributed by atoms with Crippen LogP contribution in [-0.4, -0.2) is 60.6 Å². The molecule has 0 spiro atoms. The summed E-state index contributed by atoms with van der Waals surface area (Å²) >= 11 is 0. The average Bonchev–Trinajstić information content (AvgIpc) is 2.65. The van der Waals surface area contributed by atoms with E-state index in [2.05, 4.69) is 5.32 Å². The van der Waals surface area contributed by atoms with Crippen molar-refractivity contribution in [1.29, 1.82) is 0 Å². The standard InChI is InChI=1S/C19H26N2O5/c1-26-13-10-18(23)21-11-8-16(9-12-21)20-17(22)7-4-14-2-5-15(6-3-14)19(24)25/h2-3,5-6,16H,4,7-13H2,1H3,(H,20,22)(H,24,25). The molecular weight excluding hydrogens is 336 g/mol. The van der Waals surface area contributed by atoms with Crippen LogP contribution in [0.1, 0.15) is 41.6 Å². The Labute approximate surface area is 153 Å². The van der Waals surface area contributed by atoms with Crippen LogP contribution in [0.25, 0.3) is 0 Å². The third kappa shape index (κ3) is 6.15. The number of nitrogens with one attached hydrogen (secondary N) is 1. The van der Waals surface area contributed by atoms with Crippen molar-refractivity contribution in [2.45, 2.75) is 38.1 Å². The second-order valence-electron chi connectivity index (χ2n) is 6.47. The molecule has 0 aromatic heterocycles. The minimum Gasteiger partial charge on any atom is -0.478 e. The molecule has 2 rings (SSSR count). The highest BCUT2D eigenvalue weighted by Crippen LogP contribution is 2.12. The normalized spacial score (nSPS) is 14.9. The fraction of sp³-hybridized carbons (Fsp3) is 0.526. The molecule has 1 aliphatic heterocycles. The third-order valence-electron chi connectivity index (χ3n) is 4.57. The van der Waals surface area contributed by atoms with Gasteiger partial charge in [-0.2, -0.15) is 0 Å². The molecule has 0 bridgehead atoms. The van der Waals surface area contributed by atoms with Gasteiger partial charge in [0.2, 0.25) is 11.8 Å². The van der Waals surface area contributed by atoms with Gasteiger partial charge >= 0.3 is 5.97 Å². The van der Waals surface area contributed by atoms with Crippen LogP contribution >= 0.6 is 0 Å². The van der Waals surface area contributed by atoms with Gasteiger partial charge in [-0.1, -0.05) is 12.1 Å². The number of hydrogen-bond donors (Lipinski definition) is 2. The van der Waals surface area contributed by atoms with E-state index in [1.54, 1.807) is 31.4 Å². The summed E-state index contributed by atoms with van der Waals surface area (Å²) in [5, 5.41) is 11.9. The van der Waals surface area contributed by atoms with Crippen LogP contribution in [0.4, 0.5) is 0 Å². The second kappa shape index (κ2) is 9.91. The van der Waals surface area contributed by atoms with E-state index in [0.717, 1.165) is 18.4 Å². The highest BCUT2D eigenvalue weighted by Gasteiger charge is 2.23. The molecular formula is C19H26N2O5. The molecule has 0 atom stereocenters. The topological polar surface area (TPSA) is 95.9 Å². The summed E-state index contributed by atoms with van der Waals surface area (Å²) in [7, 11) is 1.58. The van der Waals surface area contributed by atoms with E-state index in [4.69, 9.17) is 9.84 Å². The Hall–Kier alpha value is -2.41. The Morgan fingerprint density at radius 2 is 1.81 bits per heavy atom. The Balaban J connectivity index is 1.69. The van der Waals surface area contributed by atoms with Gasteiger partial charge in [0.05, 0.1) is 18.6 Å². The third-order valence-corrected chi connectivity index (χ3v) is 4.57. The van der Waals surface area contributed by atoms with E-state index >= 15 is 0 Å². The average molecular weight is 362 g/mol. The van der Waals surface area contributed by atoms with Gasteiger partial charge in [-0.3, -0.25) is 9.59 Å². The first-order valence-corrected chi connectivity index (χ1v) is 8.88. The summed E-state index contributed by atoms with van der Waals surface area (Å²) < 4.78 is 4.93. The lowest BCUT2D eigenvalue weighted by Gasteiger charge is -2.32. The van der Waals surface area contributed by atoms with Gasteiger partial charge in [0, 0.05) is 32.7 Å². The minimum absolute atomic E-state index is 0.0172. The van der Waals surface area contributed by atoms with Gasteiger partial charge < -0.3 is 20.1 Å². The van der Waals surface area contributed by atoms with Crippen molar-refractivity contribution in [2.75, 3.05) is 26.8 Å². The number of methoxy groups -OCH3 is 1. The Kier molecular flexibility index (Phi) is 7.59. The smallest absolute Gasteiger partial charge is 0.335 e. The first-order valence-electron chi connectivity index (χ1n) is 8.88. The Bertz CT molecular complexity index is 621. The zero-order valence-corrected chi connectivity index (χ0v) is 15.1. The molecule has 2 amide bonds. The molecule has 2 N–H and O–H groups in total. The van der Waals surface area contributed by atoms with Crippen molar-refractivity contribution in [2.24, 2.45) is 0 Å². The molecule has 0 unspecified atom stereocenters. The van der Waals surface area contributed by atoms with Crippen molar-refractivity contribution in [1.82, 2.24) is 10.2 Å². The first-order chi connectivity index (χ1) is 12.5. The summed E-state index contributed by atoms with van der Waals surface area (Å²) in [5.74, 6) is -0.876. The summed E-state index contributed by atoms with van der Waals surface area (Å²) in [4.78, 5) is 36.7. The van der Waals surface area contributed by atoms with Crippen LogP contribution < -0.4 is 5.32 Å². The predicted octanol–water partition coefficient (Wildman–Crippen LogP) is 1.46. The lowest BCUT2D eigenvalue weighted by atomic mass is 10.0. The number of carbonyl (C=O) groups excluding carboxylic acids is 2. The SMILES string of the molecule is COCCC(=O)N1CCC(NC(=O)CCc2ccc(C(=O)O)cc2)CC1. The first kappa shape index (κ1) is 19.9. The number of nitrogens with zero attached hydrogens (tertiary/aromatic N) is 1. The van der Waals surface area contributed by atoms with E-state index in [0.29, 0.717) is 39.0 Å². The molecule has 0 saturated carbocycles. The van der Waals surface area contributed by atoms with Crippen LogP contribution in [0.5, 0.6) is 0 Å². The van der Waals surface area contributed by atoms with Crippen molar-refractivity contribution >= 4 is 17.8 Å². The number of rotatable bonds is 8. The van der Waals surface area contributed by atoms with Gasteiger partial charge in [-0.15, -0.1) is 0 Å². The molecule has 142 valence electrons.